The molecule has 0 aliphatic rings. The minimum absolute atomic E-state index is 0.144. The highest BCUT2D eigenvalue weighted by Crippen LogP contribution is 2.35. The number of nitrogens with zero attached hydrogens (tertiary/aromatic N) is 2. The molecule has 0 aliphatic carbocycles. The Balaban J connectivity index is 2.43. The van der Waals surface area contributed by atoms with E-state index >= 15 is 0 Å². The van der Waals surface area contributed by atoms with Gasteiger partial charge in [-0.05, 0) is 31.7 Å². The molecular weight excluding hydrogens is 352 g/mol. The molecule has 0 bridgehead atoms. The van der Waals surface area contributed by atoms with Gasteiger partial charge in [0.25, 0.3) is 5.91 Å². The summed E-state index contributed by atoms with van der Waals surface area (Å²) in [5, 5.41) is 3.87. The van der Waals surface area contributed by atoms with E-state index < -0.39 is 5.54 Å². The van der Waals surface area contributed by atoms with E-state index in [1.54, 1.807) is 14.2 Å². The number of nitrogens with one attached hydrogen (secondary N) is 1. The number of thiophene rings is 1. The van der Waals surface area contributed by atoms with Crippen LogP contribution in [0.5, 0.6) is 5.88 Å². The van der Waals surface area contributed by atoms with Crippen molar-refractivity contribution in [3.8, 4) is 5.88 Å². The summed E-state index contributed by atoms with van der Waals surface area (Å²) >= 11 is 1.33. The summed E-state index contributed by atoms with van der Waals surface area (Å²) < 4.78 is 10.5. The van der Waals surface area contributed by atoms with Crippen LogP contribution in [0.15, 0.2) is 0 Å². The summed E-state index contributed by atoms with van der Waals surface area (Å²) in [6.45, 7) is 8.75. The Morgan fingerprint density at radius 3 is 2.58 bits per heavy atom. The molecule has 0 fully saturated rings. The quantitative estimate of drug-likeness (QED) is 0.730. The Labute approximate surface area is 158 Å². The second-order valence-electron chi connectivity index (χ2n) is 7.14. The molecule has 2 rings (SSSR count). The average molecular weight is 381 g/mol. The Kier molecular flexibility index (Phi) is 6.54. The van der Waals surface area contributed by atoms with Crippen LogP contribution in [0.3, 0.4) is 0 Å². The van der Waals surface area contributed by atoms with Crippen molar-refractivity contribution in [1.82, 2.24) is 15.3 Å². The highest BCUT2D eigenvalue weighted by atomic mass is 32.1. The van der Waals surface area contributed by atoms with Gasteiger partial charge in [0.15, 0.2) is 5.82 Å². The van der Waals surface area contributed by atoms with E-state index in [1.807, 2.05) is 13.8 Å². The van der Waals surface area contributed by atoms with Gasteiger partial charge in [-0.25, -0.2) is 4.98 Å². The number of aromatic nitrogens is 2. The third-order valence-electron chi connectivity index (χ3n) is 4.20. The number of ether oxygens (including phenoxy) is 2. The number of carbonyl (C=O) groups is 1. The number of hydrogen-bond donors (Lipinski definition) is 2. The van der Waals surface area contributed by atoms with Gasteiger partial charge in [-0.1, -0.05) is 13.8 Å². The van der Waals surface area contributed by atoms with Crippen LogP contribution in [0.1, 0.15) is 48.3 Å². The largest absolute Gasteiger partial charge is 0.480 e. The van der Waals surface area contributed by atoms with Gasteiger partial charge in [0.2, 0.25) is 5.88 Å². The Morgan fingerprint density at radius 2 is 2.04 bits per heavy atom. The summed E-state index contributed by atoms with van der Waals surface area (Å²) in [5.41, 5.74) is 6.28. The molecule has 8 heteroatoms. The molecule has 0 aliphatic heterocycles. The maximum atomic E-state index is 12.9. The monoisotopic (exact) mass is 380 g/mol. The van der Waals surface area contributed by atoms with Crippen LogP contribution in [-0.2, 0) is 11.3 Å². The molecule has 144 valence electrons. The number of rotatable bonds is 8. The van der Waals surface area contributed by atoms with Gasteiger partial charge in [-0.15, -0.1) is 11.3 Å². The molecular formula is C18H28N4O3S. The first-order chi connectivity index (χ1) is 12.2. The molecule has 1 atom stereocenters. The Morgan fingerprint density at radius 1 is 1.35 bits per heavy atom. The minimum atomic E-state index is -0.454. The summed E-state index contributed by atoms with van der Waals surface area (Å²) in [6.07, 6.45) is 0.806. The van der Waals surface area contributed by atoms with E-state index in [4.69, 9.17) is 15.2 Å². The van der Waals surface area contributed by atoms with Crippen molar-refractivity contribution in [2.24, 2.45) is 11.7 Å². The van der Waals surface area contributed by atoms with Crippen molar-refractivity contribution < 1.29 is 14.3 Å². The van der Waals surface area contributed by atoms with Gasteiger partial charge in [0.1, 0.15) is 11.4 Å². The minimum Gasteiger partial charge on any atom is -0.480 e. The fraction of sp³-hybridized carbons (Fsp3) is 0.611. The van der Waals surface area contributed by atoms with E-state index in [9.17, 15) is 4.79 Å². The molecule has 0 radical (unpaired) electrons. The molecule has 0 spiro atoms. The van der Waals surface area contributed by atoms with Crippen LogP contribution >= 0.6 is 11.3 Å². The van der Waals surface area contributed by atoms with Crippen molar-refractivity contribution in [3.63, 3.8) is 0 Å². The van der Waals surface area contributed by atoms with Crippen molar-refractivity contribution in [2.45, 2.75) is 46.3 Å². The van der Waals surface area contributed by atoms with E-state index in [2.05, 4.69) is 29.1 Å². The number of aryl methyl sites for hydroxylation is 1. The highest BCUT2D eigenvalue weighted by Gasteiger charge is 2.29. The average Bonchev–Trinajstić information content (AvgIpc) is 2.90. The van der Waals surface area contributed by atoms with E-state index in [-0.39, 0.29) is 12.5 Å². The lowest BCUT2D eigenvalue weighted by Crippen LogP contribution is -2.52. The molecule has 0 saturated heterocycles. The maximum absolute atomic E-state index is 12.9. The summed E-state index contributed by atoms with van der Waals surface area (Å²) in [4.78, 5) is 23.1. The molecule has 7 nitrogen and oxygen atoms in total. The van der Waals surface area contributed by atoms with Gasteiger partial charge in [0.05, 0.1) is 22.9 Å². The molecule has 1 amide bonds. The highest BCUT2D eigenvalue weighted by molar-refractivity contribution is 7.20. The number of nitrogens with two attached hydrogens (primary N) is 1. The van der Waals surface area contributed by atoms with Gasteiger partial charge >= 0.3 is 0 Å². The molecule has 2 aromatic rings. The smallest absolute Gasteiger partial charge is 0.262 e. The standard InChI is InChI=1S/C18H28N4O3S/c1-10(2)7-18(4,9-19)22-15(23)14-11(3)13-16(25-6)20-12(8-24-5)21-17(13)26-14/h10H,7-9,19H2,1-6H3,(H,22,23). The lowest BCUT2D eigenvalue weighted by molar-refractivity contribution is 0.0902. The zero-order chi connectivity index (χ0) is 19.5. The van der Waals surface area contributed by atoms with Crippen LogP contribution < -0.4 is 15.8 Å². The topological polar surface area (TPSA) is 99.4 Å². The number of amides is 1. The molecule has 2 heterocycles. The van der Waals surface area contributed by atoms with Crippen LogP contribution in [0, 0.1) is 12.8 Å². The predicted molar refractivity (Wildman–Crippen MR) is 104 cm³/mol. The van der Waals surface area contributed by atoms with Crippen molar-refractivity contribution in [1.29, 1.82) is 0 Å². The normalized spacial score (nSPS) is 13.8. The number of methoxy groups -OCH3 is 2. The molecule has 26 heavy (non-hydrogen) atoms. The van der Waals surface area contributed by atoms with E-state index in [0.29, 0.717) is 33.9 Å². The number of carbonyl (C=O) groups excluding carboxylic acids is 1. The number of fused-ring (bicyclic) bond motifs is 1. The summed E-state index contributed by atoms with van der Waals surface area (Å²) in [6, 6.07) is 0. The summed E-state index contributed by atoms with van der Waals surface area (Å²) in [5.74, 6) is 1.26. The lowest BCUT2D eigenvalue weighted by Gasteiger charge is -2.31. The summed E-state index contributed by atoms with van der Waals surface area (Å²) in [7, 11) is 3.14. The van der Waals surface area contributed by atoms with Crippen LogP contribution in [-0.4, -0.2) is 42.2 Å². The second kappa shape index (κ2) is 8.28. The molecule has 0 aromatic carbocycles. The van der Waals surface area contributed by atoms with Gasteiger partial charge in [0, 0.05) is 13.7 Å². The van der Waals surface area contributed by atoms with Gasteiger partial charge in [-0.3, -0.25) is 4.79 Å². The SMILES string of the molecule is COCc1nc(OC)c2c(C)c(C(=O)NC(C)(CN)CC(C)C)sc2n1. The third-order valence-corrected chi connectivity index (χ3v) is 5.39. The fourth-order valence-electron chi connectivity index (χ4n) is 3.12. The van der Waals surface area contributed by atoms with Crippen molar-refractivity contribution >= 4 is 27.5 Å². The van der Waals surface area contributed by atoms with E-state index in [0.717, 1.165) is 17.4 Å². The first-order valence-electron chi connectivity index (χ1n) is 8.60. The zero-order valence-electron chi connectivity index (χ0n) is 16.3. The first kappa shape index (κ1) is 20.5. The van der Waals surface area contributed by atoms with Crippen LogP contribution in [0.4, 0.5) is 0 Å². The van der Waals surface area contributed by atoms with Crippen molar-refractivity contribution in [2.75, 3.05) is 20.8 Å². The third kappa shape index (κ3) is 4.31. The Hall–Kier alpha value is -1.77. The predicted octanol–water partition coefficient (Wildman–Crippen LogP) is 2.65. The first-order valence-corrected chi connectivity index (χ1v) is 9.41. The molecule has 0 saturated carbocycles. The molecule has 1 unspecified atom stereocenters. The second-order valence-corrected chi connectivity index (χ2v) is 8.13. The number of hydrogen-bond acceptors (Lipinski definition) is 7. The fourth-order valence-corrected chi connectivity index (χ4v) is 4.21. The van der Waals surface area contributed by atoms with Crippen LogP contribution in [0.2, 0.25) is 0 Å². The zero-order valence-corrected chi connectivity index (χ0v) is 17.1. The van der Waals surface area contributed by atoms with Gasteiger partial charge < -0.3 is 20.5 Å². The van der Waals surface area contributed by atoms with Crippen LogP contribution in [0.25, 0.3) is 10.2 Å². The molecule has 2 aromatic heterocycles. The Bertz CT molecular complexity index is 790. The van der Waals surface area contributed by atoms with E-state index in [1.165, 1.54) is 11.3 Å². The molecule has 3 N–H and O–H groups in total. The van der Waals surface area contributed by atoms with Gasteiger partial charge in [-0.2, -0.15) is 4.98 Å². The van der Waals surface area contributed by atoms with Crippen molar-refractivity contribution in [3.05, 3.63) is 16.3 Å². The lowest BCUT2D eigenvalue weighted by atomic mass is 9.90. The maximum Gasteiger partial charge on any atom is 0.262 e.